The zero-order valence-corrected chi connectivity index (χ0v) is 6.04. The van der Waals surface area contributed by atoms with Gasteiger partial charge in [-0.15, -0.1) is 0 Å². The van der Waals surface area contributed by atoms with Crippen LogP contribution in [0.2, 0.25) is 0 Å². The molecule has 0 spiro atoms. The first kappa shape index (κ1) is 5.46. The van der Waals surface area contributed by atoms with E-state index < -0.39 is 20.5 Å². The second-order valence-electron chi connectivity index (χ2n) is 0.117. The van der Waals surface area contributed by atoms with Crippen LogP contribution in [-0.2, 0) is 2.16 Å². The van der Waals surface area contributed by atoms with Gasteiger partial charge in [-0.25, -0.2) is 0 Å². The third-order valence-corrected chi connectivity index (χ3v) is 2.31. The van der Waals surface area contributed by atoms with Crippen molar-refractivity contribution in [1.82, 2.24) is 0 Å². The van der Waals surface area contributed by atoms with Gasteiger partial charge in [0.05, 0.1) is 0 Å². The van der Waals surface area contributed by atoms with E-state index in [-0.39, 0.29) is 0 Å². The zero-order chi connectivity index (χ0) is 3.41. The van der Waals surface area contributed by atoms with Crippen molar-refractivity contribution in [2.24, 2.45) is 0 Å². The van der Waals surface area contributed by atoms with Crippen molar-refractivity contribution in [1.29, 1.82) is 0 Å². The molecule has 0 bridgehead atoms. The maximum absolute atomic E-state index is 5.03. The van der Waals surface area contributed by atoms with E-state index in [0.29, 0.717) is 0 Å². The van der Waals surface area contributed by atoms with Crippen molar-refractivity contribution in [3.8, 4) is 0 Å². The Hall–Kier alpha value is 1.46. The van der Waals surface area contributed by atoms with Gasteiger partial charge in [-0.1, -0.05) is 0 Å². The molecule has 0 N–H and O–H groups in total. The first-order chi connectivity index (χ1) is 1.91. The summed E-state index contributed by atoms with van der Waals surface area (Å²) in [6.07, 6.45) is 0. The number of halogens is 3. The topological polar surface area (TPSA) is 9.23 Å². The molecule has 4 heteroatoms. The Morgan fingerprint density at radius 1 is 2.00 bits per heavy atom. The van der Waals surface area contributed by atoms with Crippen LogP contribution in [0.3, 0.4) is 0 Å². The van der Waals surface area contributed by atoms with Crippen molar-refractivity contribution in [2.45, 2.75) is 0 Å². The molecule has 0 radical (unpaired) electrons. The van der Waals surface area contributed by atoms with E-state index in [9.17, 15) is 0 Å². The molecule has 28 valence electrons. The van der Waals surface area contributed by atoms with Crippen LogP contribution < -0.4 is 20.5 Å². The Kier molecular flexibility index (Phi) is 6.09. The first-order valence-electron chi connectivity index (χ1n) is 0.451. The SMILES string of the molecule is Cl[I-]OBr. The molecule has 4 heavy (non-hydrogen) atoms. The van der Waals surface area contributed by atoms with Gasteiger partial charge in [-0.05, 0) is 0 Å². The number of hydrogen-bond donors (Lipinski definition) is 0. The molecule has 0 heterocycles. The van der Waals surface area contributed by atoms with Gasteiger partial charge in [-0.3, -0.25) is 0 Å². The molecule has 1 nitrogen and oxygen atoms in total. The summed E-state index contributed by atoms with van der Waals surface area (Å²) in [6.45, 7) is 0. The summed E-state index contributed by atoms with van der Waals surface area (Å²) < 4.78 is 4.23. The summed E-state index contributed by atoms with van der Waals surface area (Å²) in [6, 6.07) is 0. The molecule has 0 aromatic rings. The third-order valence-electron chi connectivity index (χ3n) is 0.0220. The molecule has 0 amide bonds. The van der Waals surface area contributed by atoms with E-state index in [0.717, 1.165) is 0 Å². The van der Waals surface area contributed by atoms with Gasteiger partial charge >= 0.3 is 47.8 Å². The summed E-state index contributed by atoms with van der Waals surface area (Å²) >= 11 is 2.16. The average Bonchev–Trinajstić information content (AvgIpc) is 1.37. The summed E-state index contributed by atoms with van der Waals surface area (Å²) in [7, 11) is 5.03. The molecule has 0 fully saturated rings. The molecule has 0 aliphatic rings. The molecular weight excluding hydrogens is 258 g/mol. The van der Waals surface area contributed by atoms with E-state index in [2.05, 4.69) is 18.4 Å². The molecule has 0 aromatic carbocycles. The monoisotopic (exact) mass is 257 g/mol. The standard InChI is InChI=1S/BrClIO/c1-4-3-2/q-1. The summed E-state index contributed by atoms with van der Waals surface area (Å²) in [5.41, 5.74) is 0. The van der Waals surface area contributed by atoms with Crippen LogP contribution in [0.25, 0.3) is 0 Å². The fourth-order valence-electron chi connectivity index (χ4n) is 0. The van der Waals surface area contributed by atoms with Gasteiger partial charge in [0.15, 0.2) is 0 Å². The van der Waals surface area contributed by atoms with Gasteiger partial charge in [-0.2, -0.15) is 0 Å². The fraction of sp³-hybridized carbons (Fsp3) is 0. The van der Waals surface area contributed by atoms with E-state index in [1.807, 2.05) is 0 Å². The van der Waals surface area contributed by atoms with Crippen molar-refractivity contribution < 1.29 is 22.6 Å². The third kappa shape index (κ3) is 3.46. The average molecular weight is 258 g/mol. The number of rotatable bonds is 1. The second-order valence-corrected chi connectivity index (χ2v) is 3.21. The second kappa shape index (κ2) is 4.46. The maximum atomic E-state index is 5.03. The predicted octanol–water partition coefficient (Wildman–Crippen LogP) is -1.53. The van der Waals surface area contributed by atoms with E-state index in [4.69, 9.17) is 8.91 Å². The van der Waals surface area contributed by atoms with Crippen LogP contribution in [0, 0.1) is 0 Å². The minimum atomic E-state index is -0.501. The Morgan fingerprint density at radius 2 is 2.25 bits per heavy atom. The number of hydrogen-bond acceptors (Lipinski definition) is 1. The van der Waals surface area contributed by atoms with Crippen molar-refractivity contribution >= 4 is 25.2 Å². The van der Waals surface area contributed by atoms with E-state index >= 15 is 0 Å². The Labute approximate surface area is 47.6 Å². The molecule has 0 rings (SSSR count). The molecule has 0 saturated heterocycles. The van der Waals surface area contributed by atoms with Gasteiger partial charge in [0, 0.05) is 0 Å². The van der Waals surface area contributed by atoms with Crippen molar-refractivity contribution in [3.63, 3.8) is 0 Å². The quantitative estimate of drug-likeness (QED) is 0.519. The Balaban J connectivity index is 1.97. The molecule has 0 aliphatic carbocycles. The van der Waals surface area contributed by atoms with Gasteiger partial charge < -0.3 is 0 Å². The Morgan fingerprint density at radius 3 is 2.25 bits per heavy atom. The predicted molar refractivity (Wildman–Crippen MR) is 15.9 cm³/mol. The van der Waals surface area contributed by atoms with Crippen LogP contribution in [0.5, 0.6) is 0 Å². The molecular formula is BrClIO-. The Bertz CT molecular complexity index is 10.0. The molecule has 0 saturated carbocycles. The van der Waals surface area contributed by atoms with Gasteiger partial charge in [0.25, 0.3) is 0 Å². The molecule has 0 unspecified atom stereocenters. The van der Waals surface area contributed by atoms with Crippen LogP contribution in [-0.4, -0.2) is 0 Å². The minimum absolute atomic E-state index is 0.501. The first-order valence-corrected chi connectivity index (χ1v) is 4.71. The van der Waals surface area contributed by atoms with Crippen LogP contribution in [0.15, 0.2) is 0 Å². The molecule has 0 aliphatic heterocycles. The van der Waals surface area contributed by atoms with Crippen LogP contribution in [0.1, 0.15) is 0 Å². The van der Waals surface area contributed by atoms with E-state index in [1.165, 1.54) is 0 Å². The summed E-state index contributed by atoms with van der Waals surface area (Å²) in [5.74, 6) is 0. The van der Waals surface area contributed by atoms with Gasteiger partial charge in [0.2, 0.25) is 0 Å². The van der Waals surface area contributed by atoms with E-state index in [1.54, 1.807) is 0 Å². The van der Waals surface area contributed by atoms with Crippen molar-refractivity contribution in [3.05, 3.63) is 0 Å². The zero-order valence-electron chi connectivity index (χ0n) is 1.54. The van der Waals surface area contributed by atoms with Crippen molar-refractivity contribution in [2.75, 3.05) is 0 Å². The molecule has 0 atom stereocenters. The van der Waals surface area contributed by atoms with Crippen LogP contribution in [0.4, 0.5) is 0 Å². The summed E-state index contributed by atoms with van der Waals surface area (Å²) in [5, 5.41) is 0. The molecule has 0 aromatic heterocycles. The normalized spacial score (nSPS) is 8.50. The summed E-state index contributed by atoms with van der Waals surface area (Å²) in [4.78, 5) is 0. The fourth-order valence-corrected chi connectivity index (χ4v) is 0. The van der Waals surface area contributed by atoms with Crippen LogP contribution >= 0.6 is 25.2 Å². The van der Waals surface area contributed by atoms with Gasteiger partial charge in [0.1, 0.15) is 0 Å².